The predicted octanol–water partition coefficient (Wildman–Crippen LogP) is 2.24. The standard InChI is InChI=1S/C14H23NO2/c1-11(8-9-16-2)14(15)10-12-4-6-13(17-3)7-5-12/h4-7,11,14H,8-10,15H2,1-3H3. The van der Waals surface area contributed by atoms with E-state index in [2.05, 4.69) is 19.1 Å². The highest BCUT2D eigenvalue weighted by Crippen LogP contribution is 2.15. The molecule has 3 heteroatoms. The molecule has 0 bridgehead atoms. The maximum Gasteiger partial charge on any atom is 0.118 e. The fraction of sp³-hybridized carbons (Fsp3) is 0.571. The van der Waals surface area contributed by atoms with E-state index < -0.39 is 0 Å². The van der Waals surface area contributed by atoms with Gasteiger partial charge in [-0.15, -0.1) is 0 Å². The first-order valence-electron chi connectivity index (χ1n) is 6.04. The Labute approximate surface area is 104 Å². The van der Waals surface area contributed by atoms with Gasteiger partial charge in [0.1, 0.15) is 5.75 Å². The van der Waals surface area contributed by atoms with Gasteiger partial charge in [0, 0.05) is 19.8 Å². The van der Waals surface area contributed by atoms with E-state index in [-0.39, 0.29) is 6.04 Å². The van der Waals surface area contributed by atoms with Crippen LogP contribution in [0.15, 0.2) is 24.3 Å². The first-order valence-corrected chi connectivity index (χ1v) is 6.04. The van der Waals surface area contributed by atoms with Crippen LogP contribution in [0.1, 0.15) is 18.9 Å². The van der Waals surface area contributed by atoms with Crippen LogP contribution >= 0.6 is 0 Å². The van der Waals surface area contributed by atoms with Gasteiger partial charge in [-0.25, -0.2) is 0 Å². The number of benzene rings is 1. The average molecular weight is 237 g/mol. The van der Waals surface area contributed by atoms with E-state index in [1.165, 1.54) is 5.56 Å². The molecule has 0 aliphatic rings. The Balaban J connectivity index is 2.46. The maximum absolute atomic E-state index is 6.17. The zero-order valence-corrected chi connectivity index (χ0v) is 11.0. The van der Waals surface area contributed by atoms with E-state index in [9.17, 15) is 0 Å². The van der Waals surface area contributed by atoms with Crippen molar-refractivity contribution < 1.29 is 9.47 Å². The van der Waals surface area contributed by atoms with E-state index >= 15 is 0 Å². The van der Waals surface area contributed by atoms with Gasteiger partial charge >= 0.3 is 0 Å². The normalized spacial score (nSPS) is 14.4. The van der Waals surface area contributed by atoms with Crippen molar-refractivity contribution in [1.29, 1.82) is 0 Å². The molecule has 1 rings (SSSR count). The lowest BCUT2D eigenvalue weighted by atomic mass is 9.93. The summed E-state index contributed by atoms with van der Waals surface area (Å²) in [7, 11) is 3.40. The summed E-state index contributed by atoms with van der Waals surface area (Å²) in [4.78, 5) is 0. The minimum atomic E-state index is 0.179. The molecule has 0 saturated carbocycles. The average Bonchev–Trinajstić information content (AvgIpc) is 2.36. The summed E-state index contributed by atoms with van der Waals surface area (Å²) in [6, 6.07) is 8.27. The minimum absolute atomic E-state index is 0.179. The molecule has 2 atom stereocenters. The van der Waals surface area contributed by atoms with Crippen molar-refractivity contribution in [2.24, 2.45) is 11.7 Å². The molecule has 0 aliphatic carbocycles. The molecule has 0 spiro atoms. The second kappa shape index (κ2) is 7.30. The summed E-state index contributed by atoms with van der Waals surface area (Å²) in [6.07, 6.45) is 1.91. The van der Waals surface area contributed by atoms with Crippen LogP contribution in [-0.2, 0) is 11.2 Å². The highest BCUT2D eigenvalue weighted by Gasteiger charge is 2.13. The summed E-state index contributed by atoms with van der Waals surface area (Å²) in [5.41, 5.74) is 7.43. The molecule has 0 amide bonds. The molecule has 96 valence electrons. The Bertz CT molecular complexity index is 311. The van der Waals surface area contributed by atoms with E-state index in [0.29, 0.717) is 5.92 Å². The third-order valence-corrected chi connectivity index (χ3v) is 3.14. The Hall–Kier alpha value is -1.06. The highest BCUT2D eigenvalue weighted by atomic mass is 16.5. The first kappa shape index (κ1) is 14.0. The number of rotatable bonds is 7. The monoisotopic (exact) mass is 237 g/mol. The number of methoxy groups -OCH3 is 2. The van der Waals surface area contributed by atoms with E-state index in [4.69, 9.17) is 15.2 Å². The molecular weight excluding hydrogens is 214 g/mol. The van der Waals surface area contributed by atoms with Crippen LogP contribution in [0.4, 0.5) is 0 Å². The van der Waals surface area contributed by atoms with Crippen LogP contribution in [0.25, 0.3) is 0 Å². The molecule has 1 aromatic rings. The van der Waals surface area contributed by atoms with Gasteiger partial charge in [-0.05, 0) is 36.5 Å². The van der Waals surface area contributed by atoms with Crippen molar-refractivity contribution in [2.45, 2.75) is 25.8 Å². The van der Waals surface area contributed by atoms with Gasteiger partial charge in [0.15, 0.2) is 0 Å². The van der Waals surface area contributed by atoms with Gasteiger partial charge in [-0.2, -0.15) is 0 Å². The van der Waals surface area contributed by atoms with Crippen LogP contribution in [0.3, 0.4) is 0 Å². The number of hydrogen-bond acceptors (Lipinski definition) is 3. The van der Waals surface area contributed by atoms with Crippen LogP contribution < -0.4 is 10.5 Å². The first-order chi connectivity index (χ1) is 8.17. The van der Waals surface area contributed by atoms with Crippen molar-refractivity contribution in [3.63, 3.8) is 0 Å². The van der Waals surface area contributed by atoms with Crippen molar-refractivity contribution >= 4 is 0 Å². The summed E-state index contributed by atoms with van der Waals surface area (Å²) < 4.78 is 10.2. The molecule has 0 fully saturated rings. The zero-order valence-electron chi connectivity index (χ0n) is 11.0. The molecule has 1 aromatic carbocycles. The van der Waals surface area contributed by atoms with Gasteiger partial charge in [0.25, 0.3) is 0 Å². The largest absolute Gasteiger partial charge is 0.497 e. The fourth-order valence-corrected chi connectivity index (χ4v) is 1.75. The molecular formula is C14H23NO2. The molecule has 17 heavy (non-hydrogen) atoms. The molecule has 0 aromatic heterocycles. The molecule has 0 heterocycles. The van der Waals surface area contributed by atoms with E-state index in [1.807, 2.05) is 12.1 Å². The summed E-state index contributed by atoms with van der Waals surface area (Å²) in [6.45, 7) is 2.95. The van der Waals surface area contributed by atoms with Gasteiger partial charge in [0.05, 0.1) is 7.11 Å². The van der Waals surface area contributed by atoms with Gasteiger partial charge < -0.3 is 15.2 Å². The lowest BCUT2D eigenvalue weighted by molar-refractivity contribution is 0.174. The number of nitrogens with two attached hydrogens (primary N) is 1. The minimum Gasteiger partial charge on any atom is -0.497 e. The Morgan fingerprint density at radius 2 is 1.82 bits per heavy atom. The van der Waals surface area contributed by atoms with Crippen LogP contribution in [0.5, 0.6) is 5.75 Å². The molecule has 0 saturated heterocycles. The topological polar surface area (TPSA) is 44.5 Å². The predicted molar refractivity (Wildman–Crippen MR) is 70.3 cm³/mol. The van der Waals surface area contributed by atoms with Gasteiger partial charge in [-0.1, -0.05) is 19.1 Å². The molecule has 0 radical (unpaired) electrons. The summed E-state index contributed by atoms with van der Waals surface area (Å²) >= 11 is 0. The highest BCUT2D eigenvalue weighted by molar-refractivity contribution is 5.27. The zero-order chi connectivity index (χ0) is 12.7. The number of hydrogen-bond donors (Lipinski definition) is 1. The van der Waals surface area contributed by atoms with Gasteiger partial charge in [-0.3, -0.25) is 0 Å². The molecule has 2 unspecified atom stereocenters. The Kier molecular flexibility index (Phi) is 6.01. The van der Waals surface area contributed by atoms with Crippen molar-refractivity contribution in [3.05, 3.63) is 29.8 Å². The third kappa shape index (κ3) is 4.75. The summed E-state index contributed by atoms with van der Waals surface area (Å²) in [5.74, 6) is 1.35. The smallest absolute Gasteiger partial charge is 0.118 e. The second-order valence-electron chi connectivity index (χ2n) is 4.47. The lowest BCUT2D eigenvalue weighted by Crippen LogP contribution is -2.31. The number of ether oxygens (including phenoxy) is 2. The van der Waals surface area contributed by atoms with Crippen molar-refractivity contribution in [2.75, 3.05) is 20.8 Å². The lowest BCUT2D eigenvalue weighted by Gasteiger charge is -2.19. The molecule has 0 aliphatic heterocycles. The van der Waals surface area contributed by atoms with Crippen LogP contribution in [0.2, 0.25) is 0 Å². The molecule has 3 nitrogen and oxygen atoms in total. The SMILES string of the molecule is COCCC(C)C(N)Cc1ccc(OC)cc1. The van der Waals surface area contributed by atoms with Crippen molar-refractivity contribution in [3.8, 4) is 5.75 Å². The Morgan fingerprint density at radius 3 is 2.35 bits per heavy atom. The maximum atomic E-state index is 6.17. The fourth-order valence-electron chi connectivity index (χ4n) is 1.75. The quantitative estimate of drug-likeness (QED) is 0.791. The molecule has 2 N–H and O–H groups in total. The summed E-state index contributed by atoms with van der Waals surface area (Å²) in [5, 5.41) is 0. The van der Waals surface area contributed by atoms with Gasteiger partial charge in [0.2, 0.25) is 0 Å². The third-order valence-electron chi connectivity index (χ3n) is 3.14. The van der Waals surface area contributed by atoms with Crippen molar-refractivity contribution in [1.82, 2.24) is 0 Å². The second-order valence-corrected chi connectivity index (χ2v) is 4.47. The van der Waals surface area contributed by atoms with Crippen LogP contribution in [-0.4, -0.2) is 26.9 Å². The van der Waals surface area contributed by atoms with Crippen LogP contribution in [0, 0.1) is 5.92 Å². The van der Waals surface area contributed by atoms with E-state index in [1.54, 1.807) is 14.2 Å². The Morgan fingerprint density at radius 1 is 1.18 bits per heavy atom. The van der Waals surface area contributed by atoms with E-state index in [0.717, 1.165) is 25.2 Å².